The third-order valence-corrected chi connectivity index (χ3v) is 5.18. The van der Waals surface area contributed by atoms with Crippen LogP contribution in [0.15, 0.2) is 24.3 Å². The molecule has 2 fully saturated rings. The summed E-state index contributed by atoms with van der Waals surface area (Å²) in [5.74, 6) is 0.947. The van der Waals surface area contributed by atoms with Gasteiger partial charge in [-0.15, -0.1) is 0 Å². The molecule has 1 nitrogen and oxygen atoms in total. The second-order valence-electron chi connectivity index (χ2n) is 6.39. The largest absolute Gasteiger partial charge is 0.313 e. The van der Waals surface area contributed by atoms with Crippen LogP contribution in [0.4, 0.5) is 0 Å². The maximum atomic E-state index is 3.75. The summed E-state index contributed by atoms with van der Waals surface area (Å²) in [5.41, 5.74) is 1.97. The number of hydrogen-bond donors (Lipinski definition) is 1. The maximum Gasteiger partial charge on any atom is 0.0130 e. The summed E-state index contributed by atoms with van der Waals surface area (Å²) in [6.45, 7) is 3.69. The van der Waals surface area contributed by atoms with E-state index in [9.17, 15) is 0 Å². The van der Waals surface area contributed by atoms with Crippen LogP contribution in [-0.2, 0) is 6.42 Å². The van der Waals surface area contributed by atoms with E-state index in [0.717, 1.165) is 12.0 Å². The van der Waals surface area contributed by atoms with Crippen molar-refractivity contribution in [1.29, 1.82) is 0 Å². The molecular formula is C16H22IN. The van der Waals surface area contributed by atoms with Crippen molar-refractivity contribution in [1.82, 2.24) is 5.32 Å². The topological polar surface area (TPSA) is 12.0 Å². The molecule has 1 N–H and O–H groups in total. The van der Waals surface area contributed by atoms with Crippen LogP contribution in [0.3, 0.4) is 0 Å². The Bertz CT molecular complexity index is 406. The number of benzene rings is 1. The summed E-state index contributed by atoms with van der Waals surface area (Å²) >= 11 is 2.38. The molecule has 2 heteroatoms. The van der Waals surface area contributed by atoms with Crippen LogP contribution in [0.1, 0.15) is 38.2 Å². The van der Waals surface area contributed by atoms with Gasteiger partial charge in [0, 0.05) is 16.2 Å². The average Bonchev–Trinajstić information content (AvgIpc) is 3.21. The summed E-state index contributed by atoms with van der Waals surface area (Å²) in [5, 5.41) is 3.75. The predicted octanol–water partition coefficient (Wildman–Crippen LogP) is 4.00. The lowest BCUT2D eigenvalue weighted by Crippen LogP contribution is -2.36. The molecule has 0 heterocycles. The highest BCUT2D eigenvalue weighted by molar-refractivity contribution is 14.1. The van der Waals surface area contributed by atoms with Gasteiger partial charge in [-0.05, 0) is 83.7 Å². The minimum absolute atomic E-state index is 0.468. The van der Waals surface area contributed by atoms with Crippen LogP contribution in [0.25, 0.3) is 0 Å². The summed E-state index contributed by atoms with van der Waals surface area (Å²) < 4.78 is 1.33. The Morgan fingerprint density at radius 1 is 1.17 bits per heavy atom. The highest BCUT2D eigenvalue weighted by Gasteiger charge is 2.41. The molecule has 0 aromatic heterocycles. The van der Waals surface area contributed by atoms with E-state index < -0.39 is 0 Å². The maximum absolute atomic E-state index is 3.75. The molecular weight excluding hydrogens is 333 g/mol. The first-order chi connectivity index (χ1) is 8.66. The van der Waals surface area contributed by atoms with Gasteiger partial charge in [0.15, 0.2) is 0 Å². The summed E-state index contributed by atoms with van der Waals surface area (Å²) in [6.07, 6.45) is 6.89. The Balaban J connectivity index is 1.66. The van der Waals surface area contributed by atoms with Gasteiger partial charge in [0.1, 0.15) is 0 Å². The zero-order chi connectivity index (χ0) is 12.6. The SMILES string of the molecule is CC(CNC1CC1)(Cc1ccc(I)cc1)C1CC1. The Hall–Kier alpha value is -0.0900. The van der Waals surface area contributed by atoms with Crippen molar-refractivity contribution in [3.63, 3.8) is 0 Å². The van der Waals surface area contributed by atoms with Gasteiger partial charge in [0.25, 0.3) is 0 Å². The fraction of sp³-hybridized carbons (Fsp3) is 0.625. The first kappa shape index (κ1) is 12.9. The summed E-state index contributed by atoms with van der Waals surface area (Å²) in [4.78, 5) is 0. The zero-order valence-corrected chi connectivity index (χ0v) is 13.2. The second kappa shape index (κ2) is 5.12. The van der Waals surface area contributed by atoms with Crippen LogP contribution >= 0.6 is 22.6 Å². The standard InChI is InChI=1S/C16H22IN/c1-16(13-4-5-13,11-18-15-8-9-15)10-12-2-6-14(17)7-3-12/h2-3,6-7,13,15,18H,4-5,8-11H2,1H3. The van der Waals surface area contributed by atoms with Gasteiger partial charge >= 0.3 is 0 Å². The molecule has 1 aromatic carbocycles. The minimum Gasteiger partial charge on any atom is -0.313 e. The third kappa shape index (κ3) is 3.27. The molecule has 2 saturated carbocycles. The van der Waals surface area contributed by atoms with Crippen molar-refractivity contribution in [2.45, 2.75) is 45.1 Å². The molecule has 1 unspecified atom stereocenters. The fourth-order valence-corrected chi connectivity index (χ4v) is 3.22. The second-order valence-corrected chi connectivity index (χ2v) is 7.63. The molecule has 18 heavy (non-hydrogen) atoms. The van der Waals surface area contributed by atoms with E-state index in [2.05, 4.69) is 59.1 Å². The van der Waals surface area contributed by atoms with Gasteiger partial charge in [-0.3, -0.25) is 0 Å². The normalized spacial score (nSPS) is 22.8. The van der Waals surface area contributed by atoms with E-state index in [4.69, 9.17) is 0 Å². The monoisotopic (exact) mass is 355 g/mol. The highest BCUT2D eigenvalue weighted by atomic mass is 127. The molecule has 0 radical (unpaired) electrons. The van der Waals surface area contributed by atoms with Gasteiger partial charge in [-0.1, -0.05) is 19.1 Å². The van der Waals surface area contributed by atoms with Crippen molar-refractivity contribution in [2.24, 2.45) is 11.3 Å². The van der Waals surface area contributed by atoms with Gasteiger partial charge in [0.2, 0.25) is 0 Å². The van der Waals surface area contributed by atoms with Gasteiger partial charge in [-0.2, -0.15) is 0 Å². The summed E-state index contributed by atoms with van der Waals surface area (Å²) in [6, 6.07) is 9.91. The van der Waals surface area contributed by atoms with E-state index >= 15 is 0 Å². The quantitative estimate of drug-likeness (QED) is 0.761. The Morgan fingerprint density at radius 3 is 2.39 bits per heavy atom. The van der Waals surface area contributed by atoms with E-state index in [0.29, 0.717) is 5.41 Å². The van der Waals surface area contributed by atoms with Gasteiger partial charge in [-0.25, -0.2) is 0 Å². The molecule has 0 saturated heterocycles. The molecule has 2 aliphatic carbocycles. The smallest absolute Gasteiger partial charge is 0.0130 e. The molecule has 2 aliphatic rings. The molecule has 0 amide bonds. The Labute approximate surface area is 124 Å². The van der Waals surface area contributed by atoms with Crippen molar-refractivity contribution in [3.05, 3.63) is 33.4 Å². The molecule has 3 rings (SSSR count). The van der Waals surface area contributed by atoms with E-state index in [1.165, 1.54) is 47.8 Å². The summed E-state index contributed by atoms with van der Waals surface area (Å²) in [7, 11) is 0. The third-order valence-electron chi connectivity index (χ3n) is 4.46. The molecule has 0 spiro atoms. The zero-order valence-electron chi connectivity index (χ0n) is 11.1. The van der Waals surface area contributed by atoms with Gasteiger partial charge < -0.3 is 5.32 Å². The van der Waals surface area contributed by atoms with Crippen molar-refractivity contribution < 1.29 is 0 Å². The molecule has 0 bridgehead atoms. The molecule has 1 atom stereocenters. The molecule has 1 aromatic rings. The molecule has 0 aliphatic heterocycles. The first-order valence-corrected chi connectivity index (χ1v) is 8.21. The van der Waals surface area contributed by atoms with E-state index in [1.54, 1.807) is 0 Å². The average molecular weight is 355 g/mol. The van der Waals surface area contributed by atoms with Crippen LogP contribution in [0.5, 0.6) is 0 Å². The van der Waals surface area contributed by atoms with Crippen LogP contribution in [0.2, 0.25) is 0 Å². The Kier molecular flexibility index (Phi) is 3.68. The Morgan fingerprint density at radius 2 is 1.83 bits per heavy atom. The number of rotatable bonds is 6. The number of nitrogens with one attached hydrogen (secondary N) is 1. The van der Waals surface area contributed by atoms with Crippen LogP contribution in [0, 0.1) is 14.9 Å². The highest BCUT2D eigenvalue weighted by Crippen LogP contribution is 2.47. The molecule has 98 valence electrons. The number of hydrogen-bond acceptors (Lipinski definition) is 1. The van der Waals surface area contributed by atoms with E-state index in [1.807, 2.05) is 0 Å². The van der Waals surface area contributed by atoms with Crippen molar-refractivity contribution >= 4 is 22.6 Å². The fourth-order valence-electron chi connectivity index (χ4n) is 2.86. The predicted molar refractivity (Wildman–Crippen MR) is 84.7 cm³/mol. The lowest BCUT2D eigenvalue weighted by molar-refractivity contribution is 0.255. The van der Waals surface area contributed by atoms with Crippen LogP contribution < -0.4 is 5.32 Å². The lowest BCUT2D eigenvalue weighted by atomic mass is 9.79. The first-order valence-electron chi connectivity index (χ1n) is 7.13. The number of halogens is 1. The van der Waals surface area contributed by atoms with Crippen molar-refractivity contribution in [2.75, 3.05) is 6.54 Å². The minimum atomic E-state index is 0.468. The van der Waals surface area contributed by atoms with Crippen LogP contribution in [-0.4, -0.2) is 12.6 Å². The lowest BCUT2D eigenvalue weighted by Gasteiger charge is -2.30. The van der Waals surface area contributed by atoms with Crippen molar-refractivity contribution in [3.8, 4) is 0 Å². The van der Waals surface area contributed by atoms with E-state index in [-0.39, 0.29) is 0 Å². The van der Waals surface area contributed by atoms with Gasteiger partial charge in [0.05, 0.1) is 0 Å².